The lowest BCUT2D eigenvalue weighted by atomic mass is 10.0. The van der Waals surface area contributed by atoms with Crippen molar-refractivity contribution in [3.63, 3.8) is 0 Å². The van der Waals surface area contributed by atoms with Crippen molar-refractivity contribution in [2.75, 3.05) is 27.3 Å². The Morgan fingerprint density at radius 1 is 1.26 bits per heavy atom. The predicted octanol–water partition coefficient (Wildman–Crippen LogP) is 1.77. The molecule has 1 heterocycles. The van der Waals surface area contributed by atoms with Gasteiger partial charge in [-0.15, -0.1) is 0 Å². The summed E-state index contributed by atoms with van der Waals surface area (Å²) in [5.74, 6) is 1.46. The van der Waals surface area contributed by atoms with Crippen molar-refractivity contribution in [1.82, 2.24) is 15.1 Å². The summed E-state index contributed by atoms with van der Waals surface area (Å²) in [6.07, 6.45) is 2.01. The number of likely N-dealkylation sites (N-methyl/N-ethyl adjacent to an activating group) is 1. The van der Waals surface area contributed by atoms with Gasteiger partial charge < -0.3 is 9.80 Å². The number of rotatable bonds is 7. The summed E-state index contributed by atoms with van der Waals surface area (Å²) < 4.78 is 0. The third-order valence-corrected chi connectivity index (χ3v) is 3.56. The number of carbonyl (C=O) groups excluding carboxylic acids is 1. The molecule has 1 aliphatic heterocycles. The Morgan fingerprint density at radius 2 is 1.89 bits per heavy atom. The molecule has 1 saturated heterocycles. The lowest BCUT2D eigenvalue weighted by molar-refractivity contribution is -0.131. The Balaban J connectivity index is 2.67. The molecule has 0 spiro atoms. The molecule has 1 amide bonds. The molecule has 0 bridgehead atoms. The molecule has 112 valence electrons. The summed E-state index contributed by atoms with van der Waals surface area (Å²) >= 11 is 0. The van der Waals surface area contributed by atoms with Crippen LogP contribution >= 0.6 is 0 Å². The van der Waals surface area contributed by atoms with E-state index in [4.69, 9.17) is 0 Å². The molecule has 1 N–H and O–H groups in total. The van der Waals surface area contributed by atoms with Crippen LogP contribution in [0.5, 0.6) is 0 Å². The maximum absolute atomic E-state index is 12.5. The Morgan fingerprint density at radius 3 is 2.37 bits per heavy atom. The van der Waals surface area contributed by atoms with Crippen LogP contribution in [0.25, 0.3) is 0 Å². The highest BCUT2D eigenvalue weighted by atomic mass is 16.2. The van der Waals surface area contributed by atoms with E-state index in [0.717, 1.165) is 19.4 Å². The van der Waals surface area contributed by atoms with Crippen molar-refractivity contribution in [3.8, 4) is 0 Å². The molecule has 0 aromatic carbocycles. The van der Waals surface area contributed by atoms with Gasteiger partial charge in [-0.25, -0.2) is 0 Å². The van der Waals surface area contributed by atoms with Crippen molar-refractivity contribution >= 4 is 5.91 Å². The smallest absolute Gasteiger partial charge is 0.241 e. The highest BCUT2D eigenvalue weighted by molar-refractivity contribution is 5.84. The van der Waals surface area contributed by atoms with Crippen LogP contribution in [0, 0.1) is 11.8 Å². The molecule has 19 heavy (non-hydrogen) atoms. The highest BCUT2D eigenvalue weighted by Gasteiger charge is 2.35. The summed E-state index contributed by atoms with van der Waals surface area (Å²) in [6, 6.07) is 0.351. The van der Waals surface area contributed by atoms with Gasteiger partial charge in [-0.2, -0.15) is 0 Å². The molecule has 1 fully saturated rings. The third kappa shape index (κ3) is 5.11. The van der Waals surface area contributed by atoms with Crippen LogP contribution in [0.15, 0.2) is 0 Å². The molecule has 2 atom stereocenters. The summed E-state index contributed by atoms with van der Waals surface area (Å²) in [7, 11) is 4.15. The van der Waals surface area contributed by atoms with Gasteiger partial charge in [-0.3, -0.25) is 10.1 Å². The SMILES string of the molecule is CC(C)CC1NCN(C(CC(C)C)CN(C)C)C1=O. The molecule has 1 rings (SSSR count). The van der Waals surface area contributed by atoms with E-state index in [2.05, 4.69) is 52.0 Å². The van der Waals surface area contributed by atoms with E-state index in [1.165, 1.54) is 0 Å². The number of nitrogens with one attached hydrogen (secondary N) is 1. The van der Waals surface area contributed by atoms with Gasteiger partial charge in [-0.1, -0.05) is 27.7 Å². The van der Waals surface area contributed by atoms with Crippen molar-refractivity contribution in [2.24, 2.45) is 11.8 Å². The monoisotopic (exact) mass is 269 g/mol. The number of nitrogens with zero attached hydrogens (tertiary/aromatic N) is 2. The summed E-state index contributed by atoms with van der Waals surface area (Å²) in [6.45, 7) is 10.4. The fraction of sp³-hybridized carbons (Fsp3) is 0.933. The first-order valence-electron chi connectivity index (χ1n) is 7.49. The Bertz CT molecular complexity index is 279. The van der Waals surface area contributed by atoms with Crippen LogP contribution in [-0.4, -0.2) is 55.1 Å². The van der Waals surface area contributed by atoms with Crippen LogP contribution in [0.1, 0.15) is 40.5 Å². The van der Waals surface area contributed by atoms with E-state index >= 15 is 0 Å². The average Bonchev–Trinajstić information content (AvgIpc) is 2.57. The van der Waals surface area contributed by atoms with Crippen LogP contribution < -0.4 is 5.32 Å². The number of amides is 1. The van der Waals surface area contributed by atoms with Gasteiger partial charge in [0.2, 0.25) is 5.91 Å². The molecular formula is C15H31N3O. The first-order valence-corrected chi connectivity index (χ1v) is 7.49. The number of hydrogen-bond donors (Lipinski definition) is 1. The number of carbonyl (C=O) groups is 1. The molecular weight excluding hydrogens is 238 g/mol. The van der Waals surface area contributed by atoms with Gasteiger partial charge in [0.05, 0.1) is 12.7 Å². The van der Waals surface area contributed by atoms with Gasteiger partial charge in [-0.05, 0) is 38.8 Å². The molecule has 0 radical (unpaired) electrons. The van der Waals surface area contributed by atoms with Crippen LogP contribution in [-0.2, 0) is 4.79 Å². The summed E-state index contributed by atoms with van der Waals surface area (Å²) in [4.78, 5) is 16.7. The minimum atomic E-state index is 0.0248. The summed E-state index contributed by atoms with van der Waals surface area (Å²) in [5, 5.41) is 3.37. The van der Waals surface area contributed by atoms with E-state index in [0.29, 0.717) is 30.5 Å². The fourth-order valence-electron chi connectivity index (χ4n) is 2.80. The quantitative estimate of drug-likeness (QED) is 0.765. The largest absolute Gasteiger partial charge is 0.324 e. The molecule has 0 aromatic heterocycles. The van der Waals surface area contributed by atoms with Gasteiger partial charge >= 0.3 is 0 Å². The molecule has 2 unspecified atom stereocenters. The summed E-state index contributed by atoms with van der Waals surface area (Å²) in [5.41, 5.74) is 0. The zero-order chi connectivity index (χ0) is 14.6. The van der Waals surface area contributed by atoms with Crippen LogP contribution in [0.2, 0.25) is 0 Å². The van der Waals surface area contributed by atoms with E-state index in [-0.39, 0.29) is 6.04 Å². The van der Waals surface area contributed by atoms with Crippen LogP contribution in [0.4, 0.5) is 0 Å². The van der Waals surface area contributed by atoms with Crippen molar-refractivity contribution in [3.05, 3.63) is 0 Å². The fourth-order valence-corrected chi connectivity index (χ4v) is 2.80. The van der Waals surface area contributed by atoms with Gasteiger partial charge in [0.1, 0.15) is 0 Å². The average molecular weight is 269 g/mol. The first kappa shape index (κ1) is 16.4. The second kappa shape index (κ2) is 7.25. The molecule has 1 aliphatic rings. The van der Waals surface area contributed by atoms with Gasteiger partial charge in [0.25, 0.3) is 0 Å². The lowest BCUT2D eigenvalue weighted by Crippen LogP contribution is -2.45. The topological polar surface area (TPSA) is 35.6 Å². The number of hydrogen-bond acceptors (Lipinski definition) is 3. The Labute approximate surface area is 118 Å². The molecule has 0 aromatic rings. The predicted molar refractivity (Wildman–Crippen MR) is 79.9 cm³/mol. The molecule has 4 nitrogen and oxygen atoms in total. The van der Waals surface area contributed by atoms with Crippen molar-refractivity contribution in [2.45, 2.75) is 52.6 Å². The molecule has 0 saturated carbocycles. The first-order chi connectivity index (χ1) is 8.81. The molecule has 4 heteroatoms. The Hall–Kier alpha value is -0.610. The normalized spacial score (nSPS) is 22.1. The molecule has 0 aliphatic carbocycles. The maximum atomic E-state index is 12.5. The lowest BCUT2D eigenvalue weighted by Gasteiger charge is -2.31. The minimum absolute atomic E-state index is 0.0248. The van der Waals surface area contributed by atoms with Crippen molar-refractivity contribution in [1.29, 1.82) is 0 Å². The zero-order valence-electron chi connectivity index (χ0n) is 13.4. The zero-order valence-corrected chi connectivity index (χ0v) is 13.4. The van der Waals surface area contributed by atoms with Gasteiger partial charge in [0.15, 0.2) is 0 Å². The second-order valence-corrected chi connectivity index (χ2v) is 6.90. The third-order valence-electron chi connectivity index (χ3n) is 3.56. The van der Waals surface area contributed by atoms with E-state index in [9.17, 15) is 4.79 Å². The van der Waals surface area contributed by atoms with Crippen molar-refractivity contribution < 1.29 is 4.79 Å². The van der Waals surface area contributed by atoms with E-state index < -0.39 is 0 Å². The minimum Gasteiger partial charge on any atom is -0.324 e. The maximum Gasteiger partial charge on any atom is 0.241 e. The van der Waals surface area contributed by atoms with E-state index in [1.54, 1.807) is 0 Å². The van der Waals surface area contributed by atoms with Crippen LogP contribution in [0.3, 0.4) is 0 Å². The standard InChI is InChI=1S/C15H31N3O/c1-11(2)7-13(9-17(5)6)18-10-16-14(15(18)19)8-12(3)4/h11-14,16H,7-10H2,1-6H3. The Kier molecular flexibility index (Phi) is 6.27. The second-order valence-electron chi connectivity index (χ2n) is 6.90. The van der Waals surface area contributed by atoms with E-state index in [1.807, 2.05) is 4.90 Å². The highest BCUT2D eigenvalue weighted by Crippen LogP contribution is 2.19. The van der Waals surface area contributed by atoms with Gasteiger partial charge in [0, 0.05) is 12.6 Å².